The van der Waals surface area contributed by atoms with Gasteiger partial charge in [-0.3, -0.25) is 4.79 Å². The molecule has 0 N–H and O–H groups in total. The van der Waals surface area contributed by atoms with Crippen molar-refractivity contribution in [1.29, 1.82) is 0 Å². The molecule has 0 radical (unpaired) electrons. The van der Waals surface area contributed by atoms with Crippen LogP contribution < -0.4 is 4.74 Å². The van der Waals surface area contributed by atoms with Crippen LogP contribution in [-0.2, 0) is 14.3 Å². The number of rotatable bonds is 5. The Morgan fingerprint density at radius 1 is 1.25 bits per heavy atom. The number of carbonyl (C=O) groups is 2. The van der Waals surface area contributed by atoms with E-state index in [-0.39, 0.29) is 23.8 Å². The Bertz CT molecular complexity index is 632. The van der Waals surface area contributed by atoms with Gasteiger partial charge in [0, 0.05) is 0 Å². The van der Waals surface area contributed by atoms with Gasteiger partial charge in [0.2, 0.25) is 5.91 Å². The predicted molar refractivity (Wildman–Crippen MR) is 92.4 cm³/mol. The number of hydrogen-bond donors (Lipinski definition) is 0. The van der Waals surface area contributed by atoms with Crippen LogP contribution in [0, 0.1) is 13.8 Å². The van der Waals surface area contributed by atoms with Crippen molar-refractivity contribution in [2.45, 2.75) is 45.7 Å². The summed E-state index contributed by atoms with van der Waals surface area (Å²) in [6.07, 6.45) is 1.29. The van der Waals surface area contributed by atoms with E-state index in [2.05, 4.69) is 0 Å². The van der Waals surface area contributed by atoms with E-state index in [9.17, 15) is 9.59 Å². The molecule has 132 valence electrons. The highest BCUT2D eigenvalue weighted by Gasteiger charge is 2.42. The second kappa shape index (κ2) is 7.88. The summed E-state index contributed by atoms with van der Waals surface area (Å²) in [6, 6.07) is 3.13. The van der Waals surface area contributed by atoms with E-state index in [1.807, 2.05) is 26.0 Å². The van der Waals surface area contributed by atoms with E-state index in [0.29, 0.717) is 19.4 Å². The standard InChI is InChI=1S/C18H24ClNO4/c1-5-24-18(22)15-8-7-14(20(15)17(21)10-19)13-6-9-16(23-4)12(3)11(13)2/h6,9,14-15H,5,7-8,10H2,1-4H3/t14?,15-/m1/s1. The molecular weight excluding hydrogens is 330 g/mol. The number of amides is 1. The molecule has 1 aromatic carbocycles. The molecule has 1 unspecified atom stereocenters. The largest absolute Gasteiger partial charge is 0.496 e. The third kappa shape index (κ3) is 3.36. The maximum absolute atomic E-state index is 12.4. The maximum Gasteiger partial charge on any atom is 0.328 e. The number of ether oxygens (including phenoxy) is 2. The highest BCUT2D eigenvalue weighted by molar-refractivity contribution is 6.27. The fraction of sp³-hybridized carbons (Fsp3) is 0.556. The summed E-state index contributed by atoms with van der Waals surface area (Å²) in [5, 5.41) is 0. The molecule has 1 saturated heterocycles. The molecule has 0 bridgehead atoms. The zero-order chi connectivity index (χ0) is 17.9. The fourth-order valence-corrected chi connectivity index (χ4v) is 3.54. The molecule has 0 aromatic heterocycles. The summed E-state index contributed by atoms with van der Waals surface area (Å²) in [5.41, 5.74) is 3.13. The monoisotopic (exact) mass is 353 g/mol. The molecular formula is C18H24ClNO4. The zero-order valence-corrected chi connectivity index (χ0v) is 15.4. The van der Waals surface area contributed by atoms with E-state index in [1.54, 1.807) is 18.9 Å². The number of likely N-dealkylation sites (tertiary alicyclic amines) is 1. The smallest absolute Gasteiger partial charge is 0.328 e. The van der Waals surface area contributed by atoms with Gasteiger partial charge in [0.1, 0.15) is 17.7 Å². The van der Waals surface area contributed by atoms with Crippen molar-refractivity contribution >= 4 is 23.5 Å². The number of halogens is 1. The first-order valence-corrected chi connectivity index (χ1v) is 8.67. The Balaban J connectivity index is 2.40. The summed E-state index contributed by atoms with van der Waals surface area (Å²) >= 11 is 5.79. The van der Waals surface area contributed by atoms with Gasteiger partial charge in [-0.1, -0.05) is 6.07 Å². The summed E-state index contributed by atoms with van der Waals surface area (Å²) in [5.74, 6) is 0.0542. The number of carbonyl (C=O) groups excluding carboxylic acids is 2. The van der Waals surface area contributed by atoms with Crippen molar-refractivity contribution in [3.63, 3.8) is 0 Å². The average Bonchev–Trinajstić information content (AvgIpc) is 3.01. The summed E-state index contributed by atoms with van der Waals surface area (Å²) in [7, 11) is 1.64. The molecule has 5 nitrogen and oxygen atoms in total. The molecule has 1 aromatic rings. The number of nitrogens with zero attached hydrogens (tertiary/aromatic N) is 1. The van der Waals surface area contributed by atoms with Crippen LogP contribution in [0.5, 0.6) is 5.75 Å². The van der Waals surface area contributed by atoms with Gasteiger partial charge in [0.05, 0.1) is 19.8 Å². The molecule has 1 heterocycles. The predicted octanol–water partition coefficient (Wildman–Crippen LogP) is 3.15. The first kappa shape index (κ1) is 18.6. The molecule has 1 amide bonds. The van der Waals surface area contributed by atoms with Crippen molar-refractivity contribution in [1.82, 2.24) is 4.90 Å². The quantitative estimate of drug-likeness (QED) is 0.602. The lowest BCUT2D eigenvalue weighted by molar-refractivity contribution is -0.153. The van der Waals surface area contributed by atoms with Gasteiger partial charge in [-0.2, -0.15) is 0 Å². The third-order valence-corrected chi connectivity index (χ3v) is 4.93. The van der Waals surface area contributed by atoms with Crippen molar-refractivity contribution in [2.75, 3.05) is 19.6 Å². The fourth-order valence-electron chi connectivity index (χ4n) is 3.40. The van der Waals surface area contributed by atoms with Gasteiger partial charge >= 0.3 is 5.97 Å². The van der Waals surface area contributed by atoms with Crippen LogP contribution >= 0.6 is 11.6 Å². The first-order valence-electron chi connectivity index (χ1n) is 8.14. The molecule has 2 rings (SSSR count). The summed E-state index contributed by atoms with van der Waals surface area (Å²) in [4.78, 5) is 26.2. The van der Waals surface area contributed by atoms with Crippen molar-refractivity contribution in [2.24, 2.45) is 0 Å². The Hall–Kier alpha value is -1.75. The average molecular weight is 354 g/mol. The lowest BCUT2D eigenvalue weighted by Gasteiger charge is -2.30. The van der Waals surface area contributed by atoms with Crippen LogP contribution in [0.4, 0.5) is 0 Å². The number of alkyl halides is 1. The van der Waals surface area contributed by atoms with Crippen LogP contribution in [0.1, 0.15) is 42.5 Å². The Labute approximate surface area is 147 Å². The number of esters is 1. The highest BCUT2D eigenvalue weighted by atomic mass is 35.5. The van der Waals surface area contributed by atoms with Crippen LogP contribution in [0.2, 0.25) is 0 Å². The van der Waals surface area contributed by atoms with Gasteiger partial charge in [-0.05, 0) is 56.4 Å². The SMILES string of the molecule is CCOC(=O)[C@H]1CCC(c2ccc(OC)c(C)c2C)N1C(=O)CCl. The van der Waals surface area contributed by atoms with Crippen LogP contribution in [0.25, 0.3) is 0 Å². The van der Waals surface area contributed by atoms with Crippen LogP contribution in [0.3, 0.4) is 0 Å². The van der Waals surface area contributed by atoms with Gasteiger partial charge in [0.15, 0.2) is 0 Å². The van der Waals surface area contributed by atoms with Crippen molar-refractivity contribution in [3.05, 3.63) is 28.8 Å². The third-order valence-electron chi connectivity index (χ3n) is 4.70. The molecule has 1 fully saturated rings. The molecule has 24 heavy (non-hydrogen) atoms. The second-order valence-corrected chi connectivity index (χ2v) is 6.17. The number of hydrogen-bond acceptors (Lipinski definition) is 4. The molecule has 0 spiro atoms. The lowest BCUT2D eigenvalue weighted by atomic mass is 9.95. The van der Waals surface area contributed by atoms with Crippen molar-refractivity contribution < 1.29 is 19.1 Å². The van der Waals surface area contributed by atoms with Crippen molar-refractivity contribution in [3.8, 4) is 5.75 Å². The second-order valence-electron chi connectivity index (χ2n) is 5.90. The molecule has 2 atom stereocenters. The Kier molecular flexibility index (Phi) is 6.10. The normalized spacial score (nSPS) is 20.1. The van der Waals surface area contributed by atoms with E-state index < -0.39 is 6.04 Å². The Morgan fingerprint density at radius 3 is 2.54 bits per heavy atom. The number of benzene rings is 1. The lowest BCUT2D eigenvalue weighted by Crippen LogP contribution is -2.43. The van der Waals surface area contributed by atoms with E-state index in [0.717, 1.165) is 22.4 Å². The topological polar surface area (TPSA) is 55.8 Å². The molecule has 1 aliphatic heterocycles. The minimum Gasteiger partial charge on any atom is -0.496 e. The minimum absolute atomic E-state index is 0.152. The van der Waals surface area contributed by atoms with Crippen LogP contribution in [-0.4, -0.2) is 42.4 Å². The molecule has 0 aliphatic carbocycles. The van der Waals surface area contributed by atoms with Gasteiger partial charge in [-0.15, -0.1) is 11.6 Å². The number of methoxy groups -OCH3 is 1. The highest BCUT2D eigenvalue weighted by Crippen LogP contribution is 2.40. The van der Waals surface area contributed by atoms with Gasteiger partial charge < -0.3 is 14.4 Å². The summed E-state index contributed by atoms with van der Waals surface area (Å²) < 4.78 is 10.5. The van der Waals surface area contributed by atoms with Crippen LogP contribution in [0.15, 0.2) is 12.1 Å². The van der Waals surface area contributed by atoms with E-state index >= 15 is 0 Å². The first-order chi connectivity index (χ1) is 11.5. The molecule has 6 heteroatoms. The van der Waals surface area contributed by atoms with Gasteiger partial charge in [-0.25, -0.2) is 4.79 Å². The van der Waals surface area contributed by atoms with Gasteiger partial charge in [0.25, 0.3) is 0 Å². The Morgan fingerprint density at radius 2 is 1.96 bits per heavy atom. The molecule has 1 aliphatic rings. The van der Waals surface area contributed by atoms with E-state index in [4.69, 9.17) is 21.1 Å². The minimum atomic E-state index is -0.567. The maximum atomic E-state index is 12.4. The zero-order valence-electron chi connectivity index (χ0n) is 14.6. The molecule has 0 saturated carbocycles. The summed E-state index contributed by atoms with van der Waals surface area (Å²) in [6.45, 7) is 6.05. The van der Waals surface area contributed by atoms with E-state index in [1.165, 1.54) is 0 Å².